The average molecular weight is 401 g/mol. The van der Waals surface area contributed by atoms with E-state index in [1.807, 2.05) is 31.2 Å². The Morgan fingerprint density at radius 1 is 1.17 bits per heavy atom. The molecule has 0 radical (unpaired) electrons. The zero-order chi connectivity index (χ0) is 20.6. The van der Waals surface area contributed by atoms with E-state index >= 15 is 0 Å². The fraction of sp³-hybridized carbons (Fsp3) is 0.286. The van der Waals surface area contributed by atoms with Crippen molar-refractivity contribution >= 4 is 5.91 Å². The smallest absolute Gasteiger partial charge is 0.339 e. The zero-order valence-corrected chi connectivity index (χ0v) is 15.6. The van der Waals surface area contributed by atoms with E-state index in [4.69, 9.17) is 4.52 Å². The van der Waals surface area contributed by atoms with E-state index in [-0.39, 0.29) is 24.1 Å². The average Bonchev–Trinajstić information content (AvgIpc) is 3.29. The van der Waals surface area contributed by atoms with Crippen molar-refractivity contribution in [2.24, 2.45) is 0 Å². The van der Waals surface area contributed by atoms with Crippen molar-refractivity contribution in [2.75, 3.05) is 6.54 Å². The molecule has 1 aromatic heterocycles. The molecule has 3 aromatic rings. The summed E-state index contributed by atoms with van der Waals surface area (Å²) in [5.41, 5.74) is 1.87. The van der Waals surface area contributed by atoms with Crippen LogP contribution in [-0.2, 0) is 17.5 Å². The summed E-state index contributed by atoms with van der Waals surface area (Å²) in [4.78, 5) is 18.4. The van der Waals surface area contributed by atoms with Crippen LogP contribution >= 0.6 is 0 Å². The van der Waals surface area contributed by atoms with E-state index in [9.17, 15) is 18.0 Å². The molecular formula is C21H18F3N3O2. The van der Waals surface area contributed by atoms with Crippen LogP contribution in [-0.4, -0.2) is 27.5 Å². The second-order valence-corrected chi connectivity index (χ2v) is 7.20. The fourth-order valence-corrected chi connectivity index (χ4v) is 3.45. The van der Waals surface area contributed by atoms with Gasteiger partial charge in [-0.3, -0.25) is 4.79 Å². The van der Waals surface area contributed by atoms with Gasteiger partial charge >= 0.3 is 6.18 Å². The third-order valence-corrected chi connectivity index (χ3v) is 4.93. The van der Waals surface area contributed by atoms with Gasteiger partial charge in [-0.1, -0.05) is 47.1 Å². The van der Waals surface area contributed by atoms with Crippen molar-refractivity contribution in [3.8, 4) is 11.4 Å². The van der Waals surface area contributed by atoms with Gasteiger partial charge in [0, 0.05) is 25.1 Å². The van der Waals surface area contributed by atoms with Gasteiger partial charge in [-0.25, -0.2) is 0 Å². The quantitative estimate of drug-likeness (QED) is 0.642. The number of halogens is 3. The number of carbonyl (C=O) groups is 1. The lowest BCUT2D eigenvalue weighted by Gasteiger charge is -2.16. The van der Waals surface area contributed by atoms with Crippen LogP contribution in [0.3, 0.4) is 0 Å². The Balaban J connectivity index is 1.46. The Morgan fingerprint density at radius 2 is 1.93 bits per heavy atom. The lowest BCUT2D eigenvalue weighted by atomic mass is 10.1. The summed E-state index contributed by atoms with van der Waals surface area (Å²) in [6.45, 7) is 2.97. The van der Waals surface area contributed by atoms with E-state index in [1.54, 1.807) is 4.90 Å². The molecule has 0 spiro atoms. The van der Waals surface area contributed by atoms with Crippen molar-refractivity contribution in [1.82, 2.24) is 15.0 Å². The largest absolute Gasteiger partial charge is 0.416 e. The minimum Gasteiger partial charge on any atom is -0.339 e. The normalized spacial score (nSPS) is 17.2. The van der Waals surface area contributed by atoms with Crippen molar-refractivity contribution in [3.05, 3.63) is 71.1 Å². The fourth-order valence-electron chi connectivity index (χ4n) is 3.45. The van der Waals surface area contributed by atoms with E-state index < -0.39 is 11.7 Å². The summed E-state index contributed by atoms with van der Waals surface area (Å²) < 4.78 is 43.4. The number of alkyl halides is 3. The van der Waals surface area contributed by atoms with Gasteiger partial charge < -0.3 is 9.42 Å². The molecular weight excluding hydrogens is 383 g/mol. The monoisotopic (exact) mass is 401 g/mol. The van der Waals surface area contributed by atoms with Crippen molar-refractivity contribution in [1.29, 1.82) is 0 Å². The molecule has 1 unspecified atom stereocenters. The molecule has 2 aromatic carbocycles. The number of aryl methyl sites for hydroxylation is 1. The summed E-state index contributed by atoms with van der Waals surface area (Å²) in [5, 5.41) is 3.87. The molecule has 0 N–H and O–H groups in total. The highest BCUT2D eigenvalue weighted by Crippen LogP contribution is 2.32. The van der Waals surface area contributed by atoms with Crippen molar-refractivity contribution in [3.63, 3.8) is 0 Å². The molecule has 0 saturated carbocycles. The molecule has 1 aliphatic heterocycles. The minimum atomic E-state index is -4.40. The number of nitrogens with zero attached hydrogens (tertiary/aromatic N) is 3. The van der Waals surface area contributed by atoms with Gasteiger partial charge in [-0.05, 0) is 24.6 Å². The van der Waals surface area contributed by atoms with Crippen LogP contribution in [0, 0.1) is 6.92 Å². The molecule has 0 aliphatic carbocycles. The summed E-state index contributed by atoms with van der Waals surface area (Å²) in [6, 6.07) is 12.5. The second kappa shape index (κ2) is 7.35. The Labute approximate surface area is 165 Å². The Kier molecular flexibility index (Phi) is 4.86. The van der Waals surface area contributed by atoms with E-state index in [2.05, 4.69) is 10.1 Å². The predicted octanol–water partition coefficient (Wildman–Crippen LogP) is 4.58. The molecule has 29 heavy (non-hydrogen) atoms. The molecule has 0 bridgehead atoms. The number of benzene rings is 2. The van der Waals surface area contributed by atoms with Crippen LogP contribution in [0.5, 0.6) is 0 Å². The highest BCUT2D eigenvalue weighted by Gasteiger charge is 2.34. The van der Waals surface area contributed by atoms with E-state index in [1.165, 1.54) is 12.1 Å². The molecule has 5 nitrogen and oxygen atoms in total. The van der Waals surface area contributed by atoms with Crippen LogP contribution < -0.4 is 0 Å². The lowest BCUT2D eigenvalue weighted by Crippen LogP contribution is -2.24. The standard InChI is InChI=1S/C21H18F3N3O2/c1-13-3-2-4-14(9-13)11-27-12-16(10-18(27)28)20-25-19(26-29-20)15-5-7-17(8-6-15)21(22,23)24/h2-9,16H,10-12H2,1H3. The Morgan fingerprint density at radius 3 is 2.62 bits per heavy atom. The highest BCUT2D eigenvalue weighted by atomic mass is 19.4. The number of amides is 1. The number of aromatic nitrogens is 2. The molecule has 1 aliphatic rings. The summed E-state index contributed by atoms with van der Waals surface area (Å²) >= 11 is 0. The van der Waals surface area contributed by atoms with Crippen LogP contribution in [0.25, 0.3) is 11.4 Å². The minimum absolute atomic E-state index is 0.00536. The summed E-state index contributed by atoms with van der Waals surface area (Å²) in [5.74, 6) is 0.298. The van der Waals surface area contributed by atoms with Crippen LogP contribution in [0.4, 0.5) is 13.2 Å². The second-order valence-electron chi connectivity index (χ2n) is 7.20. The number of hydrogen-bond donors (Lipinski definition) is 0. The van der Waals surface area contributed by atoms with Crippen molar-refractivity contribution < 1.29 is 22.5 Å². The van der Waals surface area contributed by atoms with Gasteiger partial charge in [0.15, 0.2) is 0 Å². The topological polar surface area (TPSA) is 59.2 Å². The van der Waals surface area contributed by atoms with E-state index in [0.29, 0.717) is 24.5 Å². The summed E-state index contributed by atoms with van der Waals surface area (Å²) in [6.07, 6.45) is -4.13. The van der Waals surface area contributed by atoms with Crippen LogP contribution in [0.1, 0.15) is 34.9 Å². The molecule has 2 heterocycles. The molecule has 1 fully saturated rings. The van der Waals surface area contributed by atoms with E-state index in [0.717, 1.165) is 23.3 Å². The zero-order valence-electron chi connectivity index (χ0n) is 15.6. The maximum absolute atomic E-state index is 12.7. The predicted molar refractivity (Wildman–Crippen MR) is 98.7 cm³/mol. The van der Waals surface area contributed by atoms with Gasteiger partial charge in [0.2, 0.25) is 17.6 Å². The number of likely N-dealkylation sites (tertiary alicyclic amines) is 1. The maximum atomic E-state index is 12.7. The number of rotatable bonds is 4. The number of carbonyl (C=O) groups excluding carboxylic acids is 1. The van der Waals surface area contributed by atoms with Crippen molar-refractivity contribution in [2.45, 2.75) is 32.0 Å². The van der Waals surface area contributed by atoms with Gasteiger partial charge in [-0.2, -0.15) is 18.2 Å². The molecule has 8 heteroatoms. The van der Waals surface area contributed by atoms with Crippen LogP contribution in [0.15, 0.2) is 53.1 Å². The number of hydrogen-bond acceptors (Lipinski definition) is 4. The first-order valence-corrected chi connectivity index (χ1v) is 9.14. The first-order valence-electron chi connectivity index (χ1n) is 9.14. The van der Waals surface area contributed by atoms with Crippen LogP contribution in [0.2, 0.25) is 0 Å². The van der Waals surface area contributed by atoms with Gasteiger partial charge in [-0.15, -0.1) is 0 Å². The lowest BCUT2D eigenvalue weighted by molar-refractivity contribution is -0.137. The molecule has 4 rings (SSSR count). The highest BCUT2D eigenvalue weighted by molar-refractivity contribution is 5.79. The maximum Gasteiger partial charge on any atom is 0.416 e. The van der Waals surface area contributed by atoms with Gasteiger partial charge in [0.05, 0.1) is 11.5 Å². The Hall–Kier alpha value is -3.16. The molecule has 1 saturated heterocycles. The molecule has 1 atom stereocenters. The molecule has 1 amide bonds. The SMILES string of the molecule is Cc1cccc(CN2CC(c3nc(-c4ccc(C(F)(F)F)cc4)no3)CC2=O)c1. The first kappa shape index (κ1) is 19.2. The van der Waals surface area contributed by atoms with Gasteiger partial charge in [0.25, 0.3) is 0 Å². The first-order chi connectivity index (χ1) is 13.8. The third kappa shape index (κ3) is 4.16. The Bertz CT molecular complexity index is 1030. The van der Waals surface area contributed by atoms with Gasteiger partial charge in [0.1, 0.15) is 0 Å². The summed E-state index contributed by atoms with van der Waals surface area (Å²) in [7, 11) is 0. The molecule has 150 valence electrons. The third-order valence-electron chi connectivity index (χ3n) is 4.93.